The molecule has 2 aromatic heterocycles. The average Bonchev–Trinajstić information content (AvgIpc) is 3.02. The van der Waals surface area contributed by atoms with Gasteiger partial charge in [0.15, 0.2) is 5.13 Å². The third kappa shape index (κ3) is 5.03. The summed E-state index contributed by atoms with van der Waals surface area (Å²) in [5.74, 6) is -1.35. The number of halogens is 4. The second-order valence-corrected chi connectivity index (χ2v) is 6.71. The molecule has 0 fully saturated rings. The van der Waals surface area contributed by atoms with Crippen molar-refractivity contribution in [2.45, 2.75) is 19.5 Å². The van der Waals surface area contributed by atoms with Crippen molar-refractivity contribution >= 4 is 33.9 Å². The van der Waals surface area contributed by atoms with Crippen LogP contribution in [0.1, 0.15) is 17.0 Å². The van der Waals surface area contributed by atoms with Gasteiger partial charge in [-0.25, -0.2) is 14.4 Å². The molecule has 10 heteroatoms. The number of carbonyl (C=O) groups is 1. The maximum Gasteiger partial charge on any atom is 0.419 e. The van der Waals surface area contributed by atoms with Crippen LogP contribution in [0.25, 0.3) is 0 Å². The molecule has 0 saturated heterocycles. The zero-order valence-corrected chi connectivity index (χ0v) is 15.3. The van der Waals surface area contributed by atoms with Crippen LogP contribution in [0.4, 0.5) is 34.2 Å². The van der Waals surface area contributed by atoms with Crippen molar-refractivity contribution in [2.24, 2.45) is 0 Å². The molecule has 0 atom stereocenters. The van der Waals surface area contributed by atoms with E-state index >= 15 is 0 Å². The van der Waals surface area contributed by atoms with Crippen LogP contribution in [0.15, 0.2) is 41.8 Å². The molecule has 0 radical (unpaired) electrons. The SMILES string of the molecule is Cc1cccc(Nc2nc(CC(=O)Nc3ccc(F)c(C(F)(F)F)c3)cs2)n1. The van der Waals surface area contributed by atoms with Crippen LogP contribution < -0.4 is 10.6 Å². The minimum atomic E-state index is -4.84. The molecule has 2 heterocycles. The third-order valence-electron chi connectivity index (χ3n) is 3.57. The number of hydrogen-bond acceptors (Lipinski definition) is 5. The molecule has 28 heavy (non-hydrogen) atoms. The topological polar surface area (TPSA) is 66.9 Å². The van der Waals surface area contributed by atoms with Crippen LogP contribution in [0, 0.1) is 12.7 Å². The Hall–Kier alpha value is -3.01. The Morgan fingerprint density at radius 2 is 1.96 bits per heavy atom. The van der Waals surface area contributed by atoms with Gasteiger partial charge >= 0.3 is 6.18 Å². The van der Waals surface area contributed by atoms with Crippen LogP contribution in [-0.2, 0) is 17.4 Å². The Kier molecular flexibility index (Phi) is 5.59. The number of pyridine rings is 1. The van der Waals surface area contributed by atoms with E-state index in [0.29, 0.717) is 28.8 Å². The summed E-state index contributed by atoms with van der Waals surface area (Å²) in [6, 6.07) is 7.75. The molecule has 0 aliphatic heterocycles. The van der Waals surface area contributed by atoms with Crippen molar-refractivity contribution < 1.29 is 22.4 Å². The number of anilines is 3. The fraction of sp³-hybridized carbons (Fsp3) is 0.167. The number of hydrogen-bond donors (Lipinski definition) is 2. The van der Waals surface area contributed by atoms with Gasteiger partial charge < -0.3 is 10.6 Å². The van der Waals surface area contributed by atoms with E-state index < -0.39 is 23.5 Å². The highest BCUT2D eigenvalue weighted by molar-refractivity contribution is 7.13. The predicted molar refractivity (Wildman–Crippen MR) is 98.1 cm³/mol. The molecule has 1 amide bonds. The summed E-state index contributed by atoms with van der Waals surface area (Å²) in [6.07, 6.45) is -4.98. The van der Waals surface area contributed by atoms with Crippen molar-refractivity contribution in [1.82, 2.24) is 9.97 Å². The quantitative estimate of drug-likeness (QED) is 0.586. The van der Waals surface area contributed by atoms with Gasteiger partial charge in [0, 0.05) is 16.8 Å². The summed E-state index contributed by atoms with van der Waals surface area (Å²) >= 11 is 1.27. The molecule has 3 aromatic rings. The molecule has 0 aliphatic carbocycles. The zero-order valence-electron chi connectivity index (χ0n) is 14.5. The molecule has 0 saturated carbocycles. The number of rotatable bonds is 5. The molecule has 3 rings (SSSR count). The highest BCUT2D eigenvalue weighted by Gasteiger charge is 2.34. The first kappa shape index (κ1) is 19.7. The highest BCUT2D eigenvalue weighted by atomic mass is 32.1. The van der Waals surface area contributed by atoms with Crippen molar-refractivity contribution in [3.63, 3.8) is 0 Å². The van der Waals surface area contributed by atoms with E-state index in [9.17, 15) is 22.4 Å². The van der Waals surface area contributed by atoms with E-state index in [1.165, 1.54) is 11.3 Å². The Morgan fingerprint density at radius 3 is 2.68 bits per heavy atom. The molecule has 0 unspecified atom stereocenters. The number of nitrogens with zero attached hydrogens (tertiary/aromatic N) is 2. The van der Waals surface area contributed by atoms with Gasteiger partial charge in [0.2, 0.25) is 5.91 Å². The summed E-state index contributed by atoms with van der Waals surface area (Å²) in [5, 5.41) is 7.53. The van der Waals surface area contributed by atoms with Crippen molar-refractivity contribution in [1.29, 1.82) is 0 Å². The molecule has 0 aliphatic rings. The molecule has 0 bridgehead atoms. The third-order valence-corrected chi connectivity index (χ3v) is 4.38. The lowest BCUT2D eigenvalue weighted by Crippen LogP contribution is -2.16. The molecular formula is C18H14F4N4OS. The van der Waals surface area contributed by atoms with Crippen LogP contribution in [0.3, 0.4) is 0 Å². The number of aryl methyl sites for hydroxylation is 1. The summed E-state index contributed by atoms with van der Waals surface area (Å²) in [7, 11) is 0. The number of benzene rings is 1. The summed E-state index contributed by atoms with van der Waals surface area (Å²) in [5.41, 5.74) is -0.304. The number of thiazole rings is 1. The van der Waals surface area contributed by atoms with Crippen molar-refractivity contribution in [3.8, 4) is 0 Å². The lowest BCUT2D eigenvalue weighted by Gasteiger charge is -2.10. The van der Waals surface area contributed by atoms with E-state index in [4.69, 9.17) is 0 Å². The van der Waals surface area contributed by atoms with Crippen LogP contribution in [0.2, 0.25) is 0 Å². The van der Waals surface area contributed by atoms with Gasteiger partial charge in [-0.2, -0.15) is 13.2 Å². The summed E-state index contributed by atoms with van der Waals surface area (Å²) in [6.45, 7) is 1.85. The van der Waals surface area contributed by atoms with E-state index in [1.54, 1.807) is 11.4 Å². The molecule has 146 valence electrons. The first-order chi connectivity index (χ1) is 13.2. The number of amides is 1. The smallest absolute Gasteiger partial charge is 0.326 e. The monoisotopic (exact) mass is 410 g/mol. The highest BCUT2D eigenvalue weighted by Crippen LogP contribution is 2.33. The van der Waals surface area contributed by atoms with Gasteiger partial charge in [0.1, 0.15) is 11.6 Å². The maximum absolute atomic E-state index is 13.3. The minimum Gasteiger partial charge on any atom is -0.326 e. The van der Waals surface area contributed by atoms with Gasteiger partial charge in [-0.15, -0.1) is 11.3 Å². The lowest BCUT2D eigenvalue weighted by molar-refractivity contribution is -0.140. The summed E-state index contributed by atoms with van der Waals surface area (Å²) in [4.78, 5) is 20.6. The average molecular weight is 410 g/mol. The first-order valence-electron chi connectivity index (χ1n) is 8.02. The second-order valence-electron chi connectivity index (χ2n) is 5.85. The van der Waals surface area contributed by atoms with E-state index in [2.05, 4.69) is 20.6 Å². The fourth-order valence-corrected chi connectivity index (χ4v) is 3.07. The lowest BCUT2D eigenvalue weighted by atomic mass is 10.1. The van der Waals surface area contributed by atoms with E-state index in [0.717, 1.165) is 11.8 Å². The van der Waals surface area contributed by atoms with Gasteiger partial charge in [0.05, 0.1) is 17.7 Å². The Balaban J connectivity index is 1.64. The Bertz CT molecular complexity index is 1000. The molecule has 5 nitrogen and oxygen atoms in total. The largest absolute Gasteiger partial charge is 0.419 e. The zero-order chi connectivity index (χ0) is 20.3. The van der Waals surface area contributed by atoms with Gasteiger partial charge in [0.25, 0.3) is 0 Å². The van der Waals surface area contributed by atoms with Crippen molar-refractivity contribution in [2.75, 3.05) is 10.6 Å². The predicted octanol–water partition coefficient (Wildman–Crippen LogP) is 4.93. The van der Waals surface area contributed by atoms with E-state index in [1.807, 2.05) is 19.1 Å². The molecule has 2 N–H and O–H groups in total. The van der Waals surface area contributed by atoms with Gasteiger partial charge in [-0.05, 0) is 37.3 Å². The Morgan fingerprint density at radius 1 is 1.18 bits per heavy atom. The Labute approximate surface area is 161 Å². The van der Waals surface area contributed by atoms with Crippen LogP contribution in [0.5, 0.6) is 0 Å². The number of aromatic nitrogens is 2. The standard InChI is InChI=1S/C18H14F4N4OS/c1-10-3-2-4-15(23-10)26-17-25-12(9-28-17)8-16(27)24-11-5-6-14(19)13(7-11)18(20,21)22/h2-7,9H,8H2,1H3,(H,24,27)(H,23,25,26). The maximum atomic E-state index is 13.3. The van der Waals surface area contributed by atoms with E-state index in [-0.39, 0.29) is 12.1 Å². The van der Waals surface area contributed by atoms with Gasteiger partial charge in [-0.1, -0.05) is 6.07 Å². The summed E-state index contributed by atoms with van der Waals surface area (Å²) < 4.78 is 51.5. The fourth-order valence-electron chi connectivity index (χ4n) is 2.36. The minimum absolute atomic E-state index is 0.141. The number of carbonyl (C=O) groups excluding carboxylic acids is 1. The normalized spacial score (nSPS) is 11.3. The first-order valence-corrected chi connectivity index (χ1v) is 8.90. The van der Waals surface area contributed by atoms with Crippen LogP contribution >= 0.6 is 11.3 Å². The number of alkyl halides is 3. The van der Waals surface area contributed by atoms with Gasteiger partial charge in [-0.3, -0.25) is 4.79 Å². The molecule has 1 aromatic carbocycles. The van der Waals surface area contributed by atoms with Crippen LogP contribution in [-0.4, -0.2) is 15.9 Å². The number of nitrogens with one attached hydrogen (secondary N) is 2. The second kappa shape index (κ2) is 7.93. The molecular weight excluding hydrogens is 396 g/mol. The molecule has 0 spiro atoms. The van der Waals surface area contributed by atoms with Crippen molar-refractivity contribution in [3.05, 3.63) is 64.5 Å².